The topological polar surface area (TPSA) is 88.6 Å². The van der Waals surface area contributed by atoms with Crippen LogP contribution in [0.25, 0.3) is 10.2 Å². The van der Waals surface area contributed by atoms with Crippen molar-refractivity contribution in [3.05, 3.63) is 18.2 Å². The lowest BCUT2D eigenvalue weighted by Crippen LogP contribution is -2.32. The second-order valence-corrected chi connectivity index (χ2v) is 6.46. The average Bonchev–Trinajstić information content (AvgIpc) is 3.06. The molecule has 0 unspecified atom stereocenters. The number of halogens is 3. The number of ether oxygens (including phenoxy) is 1. The van der Waals surface area contributed by atoms with E-state index < -0.39 is 12.3 Å². The molecule has 1 aliphatic heterocycles. The highest BCUT2D eigenvalue weighted by atomic mass is 32.1. The van der Waals surface area contributed by atoms with Gasteiger partial charge in [0, 0.05) is 31.9 Å². The first-order chi connectivity index (χ1) is 12.2. The Labute approximate surface area is 148 Å². The van der Waals surface area contributed by atoms with Gasteiger partial charge in [0.25, 0.3) is 0 Å². The molecule has 2 aromatic rings. The van der Waals surface area contributed by atoms with Gasteiger partial charge in [0.1, 0.15) is 5.75 Å². The van der Waals surface area contributed by atoms with E-state index in [4.69, 9.17) is 0 Å². The van der Waals surface area contributed by atoms with Crippen LogP contribution >= 0.6 is 11.3 Å². The summed E-state index contributed by atoms with van der Waals surface area (Å²) < 4.78 is 41.0. The van der Waals surface area contributed by atoms with Gasteiger partial charge < -0.3 is 10.1 Å². The predicted octanol–water partition coefficient (Wildman–Crippen LogP) is 2.67. The number of imide groups is 1. The van der Waals surface area contributed by atoms with Gasteiger partial charge in [0.2, 0.25) is 17.7 Å². The number of benzene rings is 1. The number of fused-ring (bicyclic) bond motifs is 1. The molecule has 0 radical (unpaired) electrons. The molecule has 7 nitrogen and oxygen atoms in total. The van der Waals surface area contributed by atoms with Crippen LogP contribution in [0.3, 0.4) is 0 Å². The summed E-state index contributed by atoms with van der Waals surface area (Å²) in [6.45, 7) is -0.0159. The third kappa shape index (κ3) is 4.28. The molecular formula is C15H12F3N3O4S. The van der Waals surface area contributed by atoms with E-state index in [1.807, 2.05) is 0 Å². The monoisotopic (exact) mass is 387 g/mol. The summed E-state index contributed by atoms with van der Waals surface area (Å²) in [5, 5.41) is 2.71. The van der Waals surface area contributed by atoms with Crippen LogP contribution in [0.4, 0.5) is 18.3 Å². The van der Waals surface area contributed by atoms with Crippen molar-refractivity contribution < 1.29 is 32.3 Å². The van der Waals surface area contributed by atoms with Crippen molar-refractivity contribution in [2.45, 2.75) is 25.6 Å². The van der Waals surface area contributed by atoms with Crippen molar-refractivity contribution in [2.24, 2.45) is 0 Å². The van der Waals surface area contributed by atoms with E-state index >= 15 is 0 Å². The molecule has 0 bridgehead atoms. The van der Waals surface area contributed by atoms with E-state index in [0.29, 0.717) is 10.2 Å². The van der Waals surface area contributed by atoms with Gasteiger partial charge >= 0.3 is 6.36 Å². The minimum absolute atomic E-state index is 0.0159. The SMILES string of the molecule is O=C(CCN1C(=O)CCC1=O)Nc1nc2ccc(OC(F)(F)F)cc2s1. The Kier molecular flexibility index (Phi) is 4.81. The van der Waals surface area contributed by atoms with Crippen molar-refractivity contribution in [3.8, 4) is 5.75 Å². The van der Waals surface area contributed by atoms with Gasteiger partial charge in [0.05, 0.1) is 10.2 Å². The molecule has 11 heteroatoms. The van der Waals surface area contributed by atoms with Crippen molar-refractivity contribution in [2.75, 3.05) is 11.9 Å². The molecule has 1 aromatic heterocycles. The molecule has 138 valence electrons. The molecule has 0 atom stereocenters. The normalized spacial score (nSPS) is 15.0. The van der Waals surface area contributed by atoms with E-state index in [0.717, 1.165) is 22.3 Å². The summed E-state index contributed by atoms with van der Waals surface area (Å²) >= 11 is 0.987. The standard InChI is InChI=1S/C15H12F3N3O4S/c16-15(17,18)25-8-1-2-9-10(7-8)26-14(19-9)20-11(22)5-6-21-12(23)3-4-13(21)24/h1-2,7H,3-6H2,(H,19,20,22). The molecule has 2 heterocycles. The third-order valence-corrected chi connectivity index (χ3v) is 4.49. The van der Waals surface area contributed by atoms with Crippen molar-refractivity contribution in [3.63, 3.8) is 0 Å². The maximum absolute atomic E-state index is 12.2. The predicted molar refractivity (Wildman–Crippen MR) is 85.5 cm³/mol. The first-order valence-corrected chi connectivity index (χ1v) is 8.32. The number of carbonyl (C=O) groups is 3. The van der Waals surface area contributed by atoms with Crippen molar-refractivity contribution >= 4 is 44.4 Å². The maximum atomic E-state index is 12.2. The number of carbonyl (C=O) groups excluding carboxylic acids is 3. The van der Waals surface area contributed by atoms with Gasteiger partial charge in [0.15, 0.2) is 5.13 Å². The summed E-state index contributed by atoms with van der Waals surface area (Å²) in [6.07, 6.45) is -4.57. The van der Waals surface area contributed by atoms with Crippen molar-refractivity contribution in [1.82, 2.24) is 9.88 Å². The molecule has 1 aromatic carbocycles. The fourth-order valence-corrected chi connectivity index (χ4v) is 3.33. The van der Waals surface area contributed by atoms with Gasteiger partial charge in [-0.2, -0.15) is 0 Å². The Balaban J connectivity index is 1.62. The molecular weight excluding hydrogens is 375 g/mol. The highest BCUT2D eigenvalue weighted by Gasteiger charge is 2.31. The number of nitrogens with zero attached hydrogens (tertiary/aromatic N) is 2. The number of aromatic nitrogens is 1. The van der Waals surface area contributed by atoms with E-state index in [9.17, 15) is 27.6 Å². The Morgan fingerprint density at radius 1 is 1.27 bits per heavy atom. The lowest BCUT2D eigenvalue weighted by Gasteiger charge is -2.12. The number of anilines is 1. The Hall–Kier alpha value is -2.69. The molecule has 3 rings (SSSR count). The number of thiazole rings is 1. The van der Waals surface area contributed by atoms with Gasteiger partial charge in [-0.1, -0.05) is 11.3 Å². The smallest absolute Gasteiger partial charge is 0.406 e. The summed E-state index contributed by atoms with van der Waals surface area (Å²) in [4.78, 5) is 40.0. The van der Waals surface area contributed by atoms with Gasteiger partial charge in [-0.25, -0.2) is 4.98 Å². The van der Waals surface area contributed by atoms with Crippen LogP contribution in [0, 0.1) is 0 Å². The molecule has 1 aliphatic rings. The van der Waals surface area contributed by atoms with Crippen LogP contribution in [0.5, 0.6) is 5.75 Å². The average molecular weight is 387 g/mol. The van der Waals surface area contributed by atoms with Crippen LogP contribution in [0.15, 0.2) is 18.2 Å². The first kappa shape index (κ1) is 18.1. The van der Waals surface area contributed by atoms with E-state index in [2.05, 4.69) is 15.0 Å². The summed E-state index contributed by atoms with van der Waals surface area (Å²) in [5.74, 6) is -1.44. The number of amides is 3. The number of hydrogen-bond donors (Lipinski definition) is 1. The number of hydrogen-bond acceptors (Lipinski definition) is 6. The Morgan fingerprint density at radius 3 is 2.62 bits per heavy atom. The molecule has 1 N–H and O–H groups in total. The fraction of sp³-hybridized carbons (Fsp3) is 0.333. The van der Waals surface area contributed by atoms with E-state index in [1.165, 1.54) is 12.1 Å². The molecule has 3 amide bonds. The number of nitrogens with one attached hydrogen (secondary N) is 1. The van der Waals surface area contributed by atoms with Gasteiger partial charge in [-0.05, 0) is 12.1 Å². The van der Waals surface area contributed by atoms with Crippen LogP contribution in [-0.4, -0.2) is 40.5 Å². The molecule has 0 spiro atoms. The molecule has 0 saturated carbocycles. The lowest BCUT2D eigenvalue weighted by atomic mass is 10.3. The first-order valence-electron chi connectivity index (χ1n) is 7.51. The van der Waals surface area contributed by atoms with Crippen LogP contribution < -0.4 is 10.1 Å². The quantitative estimate of drug-likeness (QED) is 0.797. The summed E-state index contributed by atoms with van der Waals surface area (Å²) in [5.41, 5.74) is 0.407. The maximum Gasteiger partial charge on any atom is 0.573 e. The van der Waals surface area contributed by atoms with Crippen molar-refractivity contribution in [1.29, 1.82) is 0 Å². The largest absolute Gasteiger partial charge is 0.573 e. The Morgan fingerprint density at radius 2 is 1.96 bits per heavy atom. The molecule has 1 saturated heterocycles. The summed E-state index contributed by atoms with van der Waals surface area (Å²) in [7, 11) is 0. The van der Waals surface area contributed by atoms with Crippen LogP contribution in [-0.2, 0) is 14.4 Å². The zero-order chi connectivity index (χ0) is 18.9. The highest BCUT2D eigenvalue weighted by molar-refractivity contribution is 7.22. The van der Waals surface area contributed by atoms with Crippen LogP contribution in [0.1, 0.15) is 19.3 Å². The molecule has 0 aliphatic carbocycles. The minimum atomic E-state index is -4.79. The zero-order valence-electron chi connectivity index (χ0n) is 13.1. The lowest BCUT2D eigenvalue weighted by molar-refractivity contribution is -0.274. The third-order valence-electron chi connectivity index (χ3n) is 3.56. The number of likely N-dealkylation sites (tertiary alicyclic amines) is 1. The second kappa shape index (κ2) is 6.90. The van der Waals surface area contributed by atoms with Gasteiger partial charge in [-0.15, -0.1) is 13.2 Å². The van der Waals surface area contributed by atoms with Crippen LogP contribution in [0.2, 0.25) is 0 Å². The second-order valence-electron chi connectivity index (χ2n) is 5.43. The molecule has 1 fully saturated rings. The fourth-order valence-electron chi connectivity index (χ4n) is 2.42. The highest BCUT2D eigenvalue weighted by Crippen LogP contribution is 2.31. The number of rotatable bonds is 5. The zero-order valence-corrected chi connectivity index (χ0v) is 13.9. The minimum Gasteiger partial charge on any atom is -0.406 e. The number of alkyl halides is 3. The van der Waals surface area contributed by atoms with E-state index in [1.54, 1.807) is 0 Å². The summed E-state index contributed by atoms with van der Waals surface area (Å²) in [6, 6.07) is 3.66. The molecule has 26 heavy (non-hydrogen) atoms. The van der Waals surface area contributed by atoms with E-state index in [-0.39, 0.29) is 48.5 Å². The van der Waals surface area contributed by atoms with Gasteiger partial charge in [-0.3, -0.25) is 19.3 Å². The Bertz CT molecular complexity index is 865.